The highest BCUT2D eigenvalue weighted by Crippen LogP contribution is 2.20. The second-order valence-corrected chi connectivity index (χ2v) is 14.4. The largest absolute Gasteiger partial charge is 0.480 e. The van der Waals surface area contributed by atoms with Gasteiger partial charge in [-0.25, -0.2) is 4.79 Å². The van der Waals surface area contributed by atoms with E-state index in [-0.39, 0.29) is 31.4 Å². The fourth-order valence-corrected chi connectivity index (χ4v) is 6.75. The highest BCUT2D eigenvalue weighted by atomic mass is 16.4. The Bertz CT molecular complexity index is 2240. The minimum atomic E-state index is -1.78. The highest BCUT2D eigenvalue weighted by molar-refractivity contribution is 5.98. The normalized spacial score (nSPS) is 20.8. The maximum atomic E-state index is 14.4. The molecule has 0 radical (unpaired) electrons. The Morgan fingerprint density at radius 1 is 0.492 bits per heavy atom. The number of carboxylic acid groups (broad SMARTS) is 1. The maximum absolute atomic E-state index is 14.4. The van der Waals surface area contributed by atoms with E-state index in [0.29, 0.717) is 22.3 Å². The van der Waals surface area contributed by atoms with E-state index in [4.69, 9.17) is 0 Å². The van der Waals surface area contributed by atoms with Gasteiger partial charge in [-0.3, -0.25) is 24.0 Å². The number of carbonyl (C=O) groups is 6. The number of anilines is 1. The van der Waals surface area contributed by atoms with Crippen LogP contribution in [-0.2, 0) is 54.5 Å². The molecule has 2 bridgehead atoms. The van der Waals surface area contributed by atoms with Crippen molar-refractivity contribution in [2.75, 3.05) is 5.32 Å². The first-order valence-corrected chi connectivity index (χ1v) is 19.2. The van der Waals surface area contributed by atoms with Crippen LogP contribution in [0.4, 0.5) is 5.69 Å². The van der Waals surface area contributed by atoms with E-state index in [0.717, 1.165) is 11.1 Å². The topological polar surface area (TPSA) is 203 Å². The second-order valence-electron chi connectivity index (χ2n) is 14.4. The summed E-state index contributed by atoms with van der Waals surface area (Å²) < 4.78 is 0. The quantitative estimate of drug-likeness (QED) is 0.116. The SMILES string of the molecule is O=C1C[C@@H](O)C(=O)Nc2ccc(cc2)C[C@@H](C(=O)O)NC(=O)[C@@H](Cc2ccccc2)NC(=O)[C@H](Cc2ccc(-c3ccccc3)cc2)NC(=O)[C@@H](Cc2ccccc2)N1. The van der Waals surface area contributed by atoms with Crippen molar-refractivity contribution in [1.29, 1.82) is 0 Å². The smallest absolute Gasteiger partial charge is 0.326 e. The number of carboxylic acids is 1. The van der Waals surface area contributed by atoms with Gasteiger partial charge in [0.05, 0.1) is 6.42 Å². The predicted molar refractivity (Wildman–Crippen MR) is 221 cm³/mol. The van der Waals surface area contributed by atoms with Crippen LogP contribution in [0.2, 0.25) is 0 Å². The fourth-order valence-electron chi connectivity index (χ4n) is 6.75. The molecule has 13 nitrogen and oxygen atoms in total. The van der Waals surface area contributed by atoms with Gasteiger partial charge in [-0.1, -0.05) is 127 Å². The Morgan fingerprint density at radius 2 is 0.932 bits per heavy atom. The lowest BCUT2D eigenvalue weighted by atomic mass is 9.98. The number of benzene rings is 5. The Labute approximate surface area is 341 Å². The molecule has 0 aliphatic carbocycles. The molecule has 5 amide bonds. The van der Waals surface area contributed by atoms with Crippen molar-refractivity contribution in [3.63, 3.8) is 0 Å². The number of rotatable bonds is 8. The van der Waals surface area contributed by atoms with Gasteiger partial charge in [0.1, 0.15) is 30.3 Å². The van der Waals surface area contributed by atoms with Gasteiger partial charge >= 0.3 is 5.97 Å². The molecule has 0 saturated carbocycles. The van der Waals surface area contributed by atoms with E-state index in [1.165, 1.54) is 12.1 Å². The van der Waals surface area contributed by atoms with E-state index < -0.39 is 72.2 Å². The molecule has 2 aliphatic rings. The zero-order chi connectivity index (χ0) is 41.7. The summed E-state index contributed by atoms with van der Waals surface area (Å²) >= 11 is 0. The van der Waals surface area contributed by atoms with Crippen LogP contribution in [0, 0.1) is 0 Å². The fraction of sp³-hybridized carbons (Fsp3) is 0.217. The molecule has 0 fully saturated rings. The first-order chi connectivity index (χ1) is 28.5. The zero-order valence-corrected chi connectivity index (χ0v) is 32.0. The van der Waals surface area contributed by atoms with Gasteiger partial charge < -0.3 is 36.8 Å². The molecule has 5 aromatic rings. The number of hydrogen-bond donors (Lipinski definition) is 7. The van der Waals surface area contributed by atoms with Gasteiger partial charge in [0.2, 0.25) is 23.6 Å². The molecule has 0 spiro atoms. The summed E-state index contributed by atoms with van der Waals surface area (Å²) in [6.07, 6.45) is -2.61. The number of hydrogen-bond acceptors (Lipinski definition) is 7. The lowest BCUT2D eigenvalue weighted by Crippen LogP contribution is -2.59. The molecule has 2 heterocycles. The van der Waals surface area contributed by atoms with Gasteiger partial charge in [0, 0.05) is 31.4 Å². The molecule has 302 valence electrons. The minimum absolute atomic E-state index is 0.000598. The molecule has 2 aliphatic heterocycles. The van der Waals surface area contributed by atoms with Gasteiger partial charge in [-0.15, -0.1) is 0 Å². The van der Waals surface area contributed by atoms with Crippen LogP contribution in [0.25, 0.3) is 11.1 Å². The van der Waals surface area contributed by atoms with Crippen molar-refractivity contribution in [2.45, 2.75) is 62.4 Å². The van der Waals surface area contributed by atoms with Crippen molar-refractivity contribution in [3.8, 4) is 11.1 Å². The van der Waals surface area contributed by atoms with E-state index in [2.05, 4.69) is 26.6 Å². The van der Waals surface area contributed by atoms with Gasteiger partial charge in [-0.2, -0.15) is 0 Å². The standard InChI is InChI=1S/C46H45N5O8/c52-40-28-41(53)48-36(24-29-10-4-1-5-11-29)42(54)49-38(26-31-16-20-34(21-17-31)33-14-8-3-9-15-33)43(55)50-37(25-30-12-6-2-7-13-30)44(56)51-39(46(58)59)27-32-18-22-35(23-19-32)47-45(40)57/h1-23,36-40,52H,24-28H2,(H,47,57)(H,48,53)(H,49,54)(H,50,55)(H,51,56)(H,58,59)/t36-,37-,38+,39+,40-/m1/s1. The number of aliphatic hydroxyl groups is 1. The Hall–Kier alpha value is -7.12. The monoisotopic (exact) mass is 795 g/mol. The highest BCUT2D eigenvalue weighted by Gasteiger charge is 2.33. The second kappa shape index (κ2) is 19.8. The average Bonchev–Trinajstić information content (AvgIpc) is 3.24. The number of fused-ring (bicyclic) bond motifs is 18. The first kappa shape index (κ1) is 41.5. The van der Waals surface area contributed by atoms with Crippen LogP contribution < -0.4 is 26.6 Å². The van der Waals surface area contributed by atoms with Crippen LogP contribution in [0.15, 0.2) is 140 Å². The van der Waals surface area contributed by atoms with Gasteiger partial charge in [0.15, 0.2) is 0 Å². The molecule has 0 unspecified atom stereocenters. The summed E-state index contributed by atoms with van der Waals surface area (Å²) in [7, 11) is 0. The molecule has 59 heavy (non-hydrogen) atoms. The summed E-state index contributed by atoms with van der Waals surface area (Å²) in [5, 5.41) is 34.2. The van der Waals surface area contributed by atoms with E-state index >= 15 is 0 Å². The molecule has 5 atom stereocenters. The molecule has 5 aromatic carbocycles. The lowest BCUT2D eigenvalue weighted by Gasteiger charge is -2.26. The molecule has 0 aromatic heterocycles. The van der Waals surface area contributed by atoms with Gasteiger partial charge in [-0.05, 0) is 45.5 Å². The van der Waals surface area contributed by atoms with Crippen LogP contribution in [0.1, 0.15) is 28.7 Å². The Morgan fingerprint density at radius 3 is 1.44 bits per heavy atom. The summed E-state index contributed by atoms with van der Waals surface area (Å²) in [6, 6.07) is 35.8. The third-order valence-corrected chi connectivity index (χ3v) is 9.94. The molecule has 0 saturated heterocycles. The van der Waals surface area contributed by atoms with E-state index in [1.54, 1.807) is 72.8 Å². The van der Waals surface area contributed by atoms with Crippen LogP contribution in [0.3, 0.4) is 0 Å². The van der Waals surface area contributed by atoms with Crippen molar-refractivity contribution in [3.05, 3.63) is 162 Å². The minimum Gasteiger partial charge on any atom is -0.480 e. The number of aliphatic hydroxyl groups excluding tert-OH is 1. The first-order valence-electron chi connectivity index (χ1n) is 19.2. The number of carbonyl (C=O) groups excluding carboxylic acids is 5. The maximum Gasteiger partial charge on any atom is 0.326 e. The molecule has 13 heteroatoms. The van der Waals surface area contributed by atoms with E-state index in [9.17, 15) is 39.0 Å². The average molecular weight is 796 g/mol. The van der Waals surface area contributed by atoms with Crippen molar-refractivity contribution < 1.29 is 39.0 Å². The Kier molecular flexibility index (Phi) is 14.0. The summed E-state index contributed by atoms with van der Waals surface area (Å²) in [4.78, 5) is 81.4. The third-order valence-electron chi connectivity index (χ3n) is 9.94. The van der Waals surface area contributed by atoms with Crippen LogP contribution in [0.5, 0.6) is 0 Å². The molecular formula is C46H45N5O8. The summed E-state index contributed by atoms with van der Waals surface area (Å²) in [5.41, 5.74) is 4.74. The number of amides is 5. The zero-order valence-electron chi connectivity index (χ0n) is 32.0. The predicted octanol–water partition coefficient (Wildman–Crippen LogP) is 3.35. The van der Waals surface area contributed by atoms with E-state index in [1.807, 2.05) is 54.6 Å². The summed E-state index contributed by atoms with van der Waals surface area (Å²) in [5.74, 6) is -5.20. The lowest BCUT2D eigenvalue weighted by molar-refractivity contribution is -0.142. The third kappa shape index (κ3) is 11.9. The van der Waals surface area contributed by atoms with Crippen LogP contribution >= 0.6 is 0 Å². The molecule has 7 N–H and O–H groups in total. The van der Waals surface area contributed by atoms with Crippen molar-refractivity contribution in [1.82, 2.24) is 21.3 Å². The van der Waals surface area contributed by atoms with Crippen molar-refractivity contribution >= 4 is 41.2 Å². The van der Waals surface area contributed by atoms with Crippen molar-refractivity contribution in [2.24, 2.45) is 0 Å². The summed E-state index contributed by atoms with van der Waals surface area (Å²) in [6.45, 7) is 0. The number of nitrogens with one attached hydrogen (secondary N) is 5. The van der Waals surface area contributed by atoms with Gasteiger partial charge in [0.25, 0.3) is 5.91 Å². The number of aliphatic carboxylic acids is 1. The molecule has 7 rings (SSSR count). The molecular weight excluding hydrogens is 751 g/mol. The Balaban J connectivity index is 1.36. The van der Waals surface area contributed by atoms with Crippen LogP contribution in [-0.4, -0.2) is 76.0 Å².